The molecule has 2 rings (SSSR count). The van der Waals surface area contributed by atoms with Gasteiger partial charge < -0.3 is 14.7 Å². The van der Waals surface area contributed by atoms with Gasteiger partial charge >= 0.3 is 5.97 Å². The lowest BCUT2D eigenvalue weighted by Crippen LogP contribution is -2.22. The number of carbonyl (C=O) groups is 1. The van der Waals surface area contributed by atoms with Gasteiger partial charge in [0.1, 0.15) is 5.75 Å². The van der Waals surface area contributed by atoms with E-state index in [1.165, 1.54) is 13.3 Å². The molecular formula is C16H18N2O3. The first-order valence-electron chi connectivity index (χ1n) is 6.71. The highest BCUT2D eigenvalue weighted by molar-refractivity contribution is 5.88. The number of aromatic nitrogens is 1. The number of nitrogens with zero attached hydrogens (tertiary/aromatic N) is 2. The smallest absolute Gasteiger partial charge is 0.339 e. The third kappa shape index (κ3) is 3.72. The summed E-state index contributed by atoms with van der Waals surface area (Å²) in [5.41, 5.74) is 2.20. The first-order valence-corrected chi connectivity index (χ1v) is 6.71. The minimum atomic E-state index is -0.394. The Hall–Kier alpha value is -2.56. The SMILES string of the molecule is CCN(Cc1ccc(C(=O)OC)cn1)c1cccc(O)c1. The van der Waals surface area contributed by atoms with Crippen molar-refractivity contribution in [2.75, 3.05) is 18.6 Å². The third-order valence-corrected chi connectivity index (χ3v) is 3.18. The van der Waals surface area contributed by atoms with Crippen molar-refractivity contribution in [2.45, 2.75) is 13.5 Å². The standard InChI is InChI=1S/C16H18N2O3/c1-3-18(14-5-4-6-15(19)9-14)11-13-8-7-12(10-17-13)16(20)21-2/h4-10,19H,3,11H2,1-2H3. The van der Waals surface area contributed by atoms with Crippen LogP contribution in [0.5, 0.6) is 5.75 Å². The van der Waals surface area contributed by atoms with Crippen LogP contribution >= 0.6 is 0 Å². The van der Waals surface area contributed by atoms with Crippen LogP contribution < -0.4 is 4.90 Å². The van der Waals surface area contributed by atoms with Crippen LogP contribution in [0.3, 0.4) is 0 Å². The van der Waals surface area contributed by atoms with Gasteiger partial charge in [-0.05, 0) is 31.2 Å². The summed E-state index contributed by atoms with van der Waals surface area (Å²) in [7, 11) is 1.34. The fourth-order valence-corrected chi connectivity index (χ4v) is 2.03. The Bertz CT molecular complexity index is 611. The fraction of sp³-hybridized carbons (Fsp3) is 0.250. The number of benzene rings is 1. The van der Waals surface area contributed by atoms with Crippen molar-refractivity contribution in [3.63, 3.8) is 0 Å². The van der Waals surface area contributed by atoms with Gasteiger partial charge in [0.2, 0.25) is 0 Å². The summed E-state index contributed by atoms with van der Waals surface area (Å²) in [6.45, 7) is 3.41. The molecule has 1 aromatic carbocycles. The molecule has 0 radical (unpaired) electrons. The second kappa shape index (κ2) is 6.74. The topological polar surface area (TPSA) is 62.7 Å². The van der Waals surface area contributed by atoms with E-state index in [9.17, 15) is 9.90 Å². The Kier molecular flexibility index (Phi) is 4.77. The van der Waals surface area contributed by atoms with E-state index in [-0.39, 0.29) is 5.75 Å². The van der Waals surface area contributed by atoms with Gasteiger partial charge in [0.15, 0.2) is 0 Å². The van der Waals surface area contributed by atoms with Gasteiger partial charge in [0.05, 0.1) is 24.9 Å². The van der Waals surface area contributed by atoms with Crippen LogP contribution in [-0.2, 0) is 11.3 Å². The van der Waals surface area contributed by atoms with E-state index >= 15 is 0 Å². The molecule has 0 unspecified atom stereocenters. The molecule has 0 aliphatic rings. The Morgan fingerprint density at radius 2 is 2.14 bits per heavy atom. The van der Waals surface area contributed by atoms with Gasteiger partial charge in [-0.2, -0.15) is 0 Å². The van der Waals surface area contributed by atoms with Gasteiger partial charge in [-0.15, -0.1) is 0 Å². The van der Waals surface area contributed by atoms with Crippen LogP contribution in [0.25, 0.3) is 0 Å². The molecule has 5 nitrogen and oxygen atoms in total. The van der Waals surface area contributed by atoms with Crippen molar-refractivity contribution in [3.05, 3.63) is 53.9 Å². The van der Waals surface area contributed by atoms with E-state index in [0.29, 0.717) is 12.1 Å². The summed E-state index contributed by atoms with van der Waals surface area (Å²) >= 11 is 0. The van der Waals surface area contributed by atoms with Crippen LogP contribution in [0.1, 0.15) is 23.0 Å². The number of carbonyl (C=O) groups excluding carboxylic acids is 1. The number of phenols is 1. The summed E-state index contributed by atoms with van der Waals surface area (Å²) in [6.07, 6.45) is 1.51. The fourth-order valence-electron chi connectivity index (χ4n) is 2.03. The van der Waals surface area contributed by atoms with Crippen LogP contribution in [0.4, 0.5) is 5.69 Å². The zero-order chi connectivity index (χ0) is 15.2. The van der Waals surface area contributed by atoms with Crippen LogP contribution in [0, 0.1) is 0 Å². The van der Waals surface area contributed by atoms with Crippen molar-refractivity contribution >= 4 is 11.7 Å². The average molecular weight is 286 g/mol. The van der Waals surface area contributed by atoms with Crippen LogP contribution in [0.2, 0.25) is 0 Å². The van der Waals surface area contributed by atoms with Crippen molar-refractivity contribution in [3.8, 4) is 5.75 Å². The van der Waals surface area contributed by atoms with Crippen molar-refractivity contribution in [1.82, 2.24) is 4.98 Å². The van der Waals surface area contributed by atoms with E-state index in [4.69, 9.17) is 0 Å². The molecule has 0 bridgehead atoms. The molecule has 0 amide bonds. The van der Waals surface area contributed by atoms with Gasteiger partial charge in [0, 0.05) is 24.5 Å². The maximum atomic E-state index is 11.4. The second-order valence-electron chi connectivity index (χ2n) is 4.56. The van der Waals surface area contributed by atoms with Crippen molar-refractivity contribution in [1.29, 1.82) is 0 Å². The molecule has 1 N–H and O–H groups in total. The summed E-state index contributed by atoms with van der Waals surface area (Å²) < 4.78 is 4.64. The normalized spacial score (nSPS) is 10.2. The minimum Gasteiger partial charge on any atom is -0.508 e. The molecule has 2 aromatic rings. The monoisotopic (exact) mass is 286 g/mol. The zero-order valence-electron chi connectivity index (χ0n) is 12.1. The Morgan fingerprint density at radius 3 is 2.71 bits per heavy atom. The predicted octanol–water partition coefficient (Wildman–Crippen LogP) is 2.60. The molecular weight excluding hydrogens is 268 g/mol. The number of aromatic hydroxyl groups is 1. The lowest BCUT2D eigenvalue weighted by molar-refractivity contribution is 0.0600. The Labute approximate surface area is 123 Å². The number of hydrogen-bond donors (Lipinski definition) is 1. The number of methoxy groups -OCH3 is 1. The second-order valence-corrected chi connectivity index (χ2v) is 4.56. The molecule has 0 fully saturated rings. The van der Waals surface area contributed by atoms with Gasteiger partial charge in [-0.25, -0.2) is 4.79 Å². The number of pyridine rings is 1. The molecule has 21 heavy (non-hydrogen) atoms. The molecule has 0 atom stereocenters. The van der Waals surface area contributed by atoms with Gasteiger partial charge in [0.25, 0.3) is 0 Å². The van der Waals surface area contributed by atoms with E-state index in [2.05, 4.69) is 14.6 Å². The Morgan fingerprint density at radius 1 is 1.33 bits per heavy atom. The highest BCUT2D eigenvalue weighted by Gasteiger charge is 2.09. The van der Waals surface area contributed by atoms with E-state index in [1.54, 1.807) is 30.3 Å². The molecule has 0 aliphatic heterocycles. The molecule has 110 valence electrons. The number of rotatable bonds is 5. The van der Waals surface area contributed by atoms with Gasteiger partial charge in [-0.1, -0.05) is 6.07 Å². The third-order valence-electron chi connectivity index (χ3n) is 3.18. The lowest BCUT2D eigenvalue weighted by Gasteiger charge is -2.22. The molecule has 0 aliphatic carbocycles. The number of hydrogen-bond acceptors (Lipinski definition) is 5. The van der Waals surface area contributed by atoms with Crippen molar-refractivity contribution in [2.24, 2.45) is 0 Å². The zero-order valence-corrected chi connectivity index (χ0v) is 12.1. The summed E-state index contributed by atoms with van der Waals surface area (Å²) in [4.78, 5) is 17.7. The first kappa shape index (κ1) is 14.8. The number of esters is 1. The number of anilines is 1. The number of phenolic OH excluding ortho intramolecular Hbond substituents is 1. The molecule has 1 heterocycles. The van der Waals surface area contributed by atoms with E-state index in [1.807, 2.05) is 13.0 Å². The largest absolute Gasteiger partial charge is 0.508 e. The lowest BCUT2D eigenvalue weighted by atomic mass is 10.2. The van der Waals surface area contributed by atoms with E-state index in [0.717, 1.165) is 17.9 Å². The highest BCUT2D eigenvalue weighted by atomic mass is 16.5. The molecule has 0 saturated heterocycles. The first-order chi connectivity index (χ1) is 10.1. The molecule has 5 heteroatoms. The quantitative estimate of drug-likeness (QED) is 0.856. The van der Waals surface area contributed by atoms with Gasteiger partial charge in [-0.3, -0.25) is 4.98 Å². The predicted molar refractivity (Wildman–Crippen MR) is 80.4 cm³/mol. The van der Waals surface area contributed by atoms with Crippen LogP contribution in [0.15, 0.2) is 42.6 Å². The average Bonchev–Trinajstić information content (AvgIpc) is 2.52. The van der Waals surface area contributed by atoms with Crippen molar-refractivity contribution < 1.29 is 14.6 Å². The van der Waals surface area contributed by atoms with Crippen LogP contribution in [-0.4, -0.2) is 29.7 Å². The number of ether oxygens (including phenoxy) is 1. The molecule has 0 spiro atoms. The maximum absolute atomic E-state index is 11.4. The summed E-state index contributed by atoms with van der Waals surface area (Å²) in [5, 5.41) is 9.55. The minimum absolute atomic E-state index is 0.236. The van der Waals surface area contributed by atoms with E-state index < -0.39 is 5.97 Å². The summed E-state index contributed by atoms with van der Waals surface area (Å²) in [5.74, 6) is -0.158. The summed E-state index contributed by atoms with van der Waals surface area (Å²) in [6, 6.07) is 10.6. The highest BCUT2D eigenvalue weighted by Crippen LogP contribution is 2.21. The molecule has 1 aromatic heterocycles. The Balaban J connectivity index is 2.13. The maximum Gasteiger partial charge on any atom is 0.339 e. The molecule has 0 saturated carbocycles.